The van der Waals surface area contributed by atoms with Gasteiger partial charge in [0.25, 0.3) is 0 Å². The fraction of sp³-hybridized carbons (Fsp3) is 0.654. The third-order valence-electron chi connectivity index (χ3n) is 19.7. The average molecular weight is 834 g/mol. The van der Waals surface area contributed by atoms with Crippen LogP contribution in [0.25, 0.3) is 0 Å². The molecular weight excluding hydrogens is 767 g/mol. The van der Waals surface area contributed by atoms with Crippen molar-refractivity contribution >= 4 is 23.8 Å². The van der Waals surface area contributed by atoms with Crippen LogP contribution in [0.3, 0.4) is 0 Å². The van der Waals surface area contributed by atoms with Crippen molar-refractivity contribution in [2.75, 3.05) is 7.11 Å². The quantitative estimate of drug-likeness (QED) is 0.186. The van der Waals surface area contributed by atoms with Gasteiger partial charge in [0.2, 0.25) is 0 Å². The van der Waals surface area contributed by atoms with Crippen molar-refractivity contribution < 1.29 is 39.6 Å². The molecule has 2 aromatic carbocycles. The molecule has 1 N–H and O–H groups in total. The van der Waals surface area contributed by atoms with Crippen LogP contribution in [0.1, 0.15) is 125 Å². The number of rotatable bonds is 10. The van der Waals surface area contributed by atoms with Crippen molar-refractivity contribution in [2.45, 2.75) is 138 Å². The highest BCUT2D eigenvalue weighted by atomic mass is 16.6. The van der Waals surface area contributed by atoms with E-state index in [4.69, 9.17) is 18.9 Å². The van der Waals surface area contributed by atoms with Gasteiger partial charge in [-0.05, 0) is 143 Å². The van der Waals surface area contributed by atoms with Crippen LogP contribution in [0.4, 0.5) is 4.79 Å². The SMILES string of the molecule is COc1ccc(COC(=O)N[C@@]23CC[C@]45C6C[C@@]78C[C@]7(C)[C@@H](OC(=O)[C@H]7C[C@@H](C(=O)OCc9ccccc9)C7(C)C)CC[C@]8(C)[C@@H](CC[C@@H]4C2=C(C(C)C)C(=O)C3)[C@@]65C)cc1.[HH]. The van der Waals surface area contributed by atoms with Crippen molar-refractivity contribution in [1.29, 1.82) is 0 Å². The minimum Gasteiger partial charge on any atom is -0.497 e. The van der Waals surface area contributed by atoms with Crippen molar-refractivity contribution in [1.82, 2.24) is 5.32 Å². The van der Waals surface area contributed by atoms with Crippen molar-refractivity contribution in [3.05, 3.63) is 76.9 Å². The number of fused-ring (bicyclic) bond motifs is 3. The number of nitrogens with one attached hydrogen (secondary N) is 1. The van der Waals surface area contributed by atoms with Crippen molar-refractivity contribution in [3.8, 4) is 5.75 Å². The van der Waals surface area contributed by atoms with Gasteiger partial charge in [0.05, 0.1) is 24.5 Å². The number of Topliss-reactive ketones (excluding diaryl/α,β-unsaturated/α-hetero) is 1. The molecule has 12 atom stereocenters. The van der Waals surface area contributed by atoms with Gasteiger partial charge in [0.1, 0.15) is 25.1 Å². The van der Waals surface area contributed by atoms with Crippen LogP contribution < -0.4 is 10.1 Å². The number of ether oxygens (including phenoxy) is 4. The van der Waals surface area contributed by atoms with Crippen LogP contribution in [0, 0.1) is 68.0 Å². The Morgan fingerprint density at radius 3 is 2.18 bits per heavy atom. The summed E-state index contributed by atoms with van der Waals surface area (Å²) in [7, 11) is 1.63. The first-order valence-electron chi connectivity index (χ1n) is 23.2. The maximum absolute atomic E-state index is 14.1. The van der Waals surface area contributed by atoms with E-state index in [-0.39, 0.29) is 89.2 Å². The Balaban J connectivity index is 0.00000490. The molecule has 0 saturated heterocycles. The summed E-state index contributed by atoms with van der Waals surface area (Å²) in [4.78, 5) is 55.1. The van der Waals surface area contributed by atoms with E-state index in [1.54, 1.807) is 7.11 Å². The molecule has 61 heavy (non-hydrogen) atoms. The molecule has 1 amide bonds. The van der Waals surface area contributed by atoms with Crippen LogP contribution in [0.5, 0.6) is 5.75 Å². The number of ketones is 1. The van der Waals surface area contributed by atoms with Gasteiger partial charge in [0, 0.05) is 13.3 Å². The second-order valence-corrected chi connectivity index (χ2v) is 22.3. The van der Waals surface area contributed by atoms with Crippen LogP contribution >= 0.6 is 0 Å². The Kier molecular flexibility index (Phi) is 9.01. The lowest BCUT2D eigenvalue weighted by atomic mass is 9.46. The largest absolute Gasteiger partial charge is 0.497 e. The topological polar surface area (TPSA) is 117 Å². The lowest BCUT2D eigenvalue weighted by Crippen LogP contribution is -2.57. The first-order chi connectivity index (χ1) is 28.9. The summed E-state index contributed by atoms with van der Waals surface area (Å²) in [5.41, 5.74) is 3.11. The number of amides is 1. The molecule has 0 aromatic heterocycles. The number of allylic oxidation sites excluding steroid dienone is 1. The molecule has 8 aliphatic rings. The van der Waals surface area contributed by atoms with Crippen LogP contribution in [-0.4, -0.2) is 42.6 Å². The molecule has 2 spiro atoms. The van der Waals surface area contributed by atoms with Gasteiger partial charge >= 0.3 is 18.0 Å². The third kappa shape index (κ3) is 5.36. The zero-order chi connectivity index (χ0) is 43.1. The summed E-state index contributed by atoms with van der Waals surface area (Å²) < 4.78 is 23.5. The molecule has 0 aliphatic heterocycles. The molecule has 0 bridgehead atoms. The zero-order valence-electron chi connectivity index (χ0n) is 37.5. The number of esters is 2. The first kappa shape index (κ1) is 40.9. The molecule has 7 saturated carbocycles. The van der Waals surface area contributed by atoms with E-state index in [0.29, 0.717) is 24.7 Å². The van der Waals surface area contributed by atoms with Gasteiger partial charge in [-0.25, -0.2) is 4.79 Å². The maximum Gasteiger partial charge on any atom is 0.408 e. The molecule has 328 valence electrons. The number of carbonyl (C=O) groups is 4. The molecule has 8 aliphatic carbocycles. The number of benzene rings is 2. The third-order valence-corrected chi connectivity index (χ3v) is 19.7. The van der Waals surface area contributed by atoms with Crippen LogP contribution in [-0.2, 0) is 41.8 Å². The highest BCUT2D eigenvalue weighted by Crippen LogP contribution is 2.97. The summed E-state index contributed by atoms with van der Waals surface area (Å²) in [6.07, 6.45) is 8.16. The molecular formula is C52H67NO8. The summed E-state index contributed by atoms with van der Waals surface area (Å²) in [5.74, 6) is 1.25. The molecule has 9 heteroatoms. The summed E-state index contributed by atoms with van der Waals surface area (Å²) in [5, 5.41) is 3.35. The lowest BCUT2D eigenvalue weighted by Gasteiger charge is -2.59. The maximum atomic E-state index is 14.1. The second kappa shape index (κ2) is 13.4. The first-order valence-corrected chi connectivity index (χ1v) is 23.2. The molecule has 1 unspecified atom stereocenters. The van der Waals surface area contributed by atoms with E-state index in [0.717, 1.165) is 73.8 Å². The van der Waals surface area contributed by atoms with E-state index < -0.39 is 17.0 Å². The average Bonchev–Trinajstić information content (AvgIpc) is 3.98. The number of hydrogen-bond acceptors (Lipinski definition) is 8. The Morgan fingerprint density at radius 2 is 1.49 bits per heavy atom. The lowest BCUT2D eigenvalue weighted by molar-refractivity contribution is -0.191. The molecule has 10 rings (SSSR count). The smallest absolute Gasteiger partial charge is 0.408 e. The minimum atomic E-state index is -0.714. The molecule has 9 nitrogen and oxygen atoms in total. The fourth-order valence-electron chi connectivity index (χ4n) is 16.5. The summed E-state index contributed by atoms with van der Waals surface area (Å²) >= 11 is 0. The Bertz CT molecular complexity index is 2220. The minimum absolute atomic E-state index is 0. The monoisotopic (exact) mass is 833 g/mol. The van der Waals surface area contributed by atoms with Crippen molar-refractivity contribution in [2.24, 2.45) is 68.0 Å². The molecule has 0 heterocycles. The number of alkyl carbamates (subject to hydrolysis) is 1. The normalized spacial score (nSPS) is 41.8. The Hall–Kier alpha value is -4.14. The molecule has 2 aromatic rings. The number of carbonyl (C=O) groups excluding carboxylic acids is 4. The van der Waals surface area contributed by atoms with E-state index in [1.165, 1.54) is 5.57 Å². The Morgan fingerprint density at radius 1 is 0.803 bits per heavy atom. The van der Waals surface area contributed by atoms with Gasteiger partial charge in [-0.3, -0.25) is 14.4 Å². The van der Waals surface area contributed by atoms with Crippen LogP contribution in [0.15, 0.2) is 65.7 Å². The van der Waals surface area contributed by atoms with E-state index in [2.05, 4.69) is 39.9 Å². The van der Waals surface area contributed by atoms with Crippen molar-refractivity contribution in [3.63, 3.8) is 0 Å². The zero-order valence-corrected chi connectivity index (χ0v) is 37.5. The molecule has 7 fully saturated rings. The van der Waals surface area contributed by atoms with Gasteiger partial charge in [-0.1, -0.05) is 90.9 Å². The van der Waals surface area contributed by atoms with E-state index in [9.17, 15) is 19.2 Å². The van der Waals surface area contributed by atoms with E-state index >= 15 is 0 Å². The highest BCUT2D eigenvalue weighted by molar-refractivity contribution is 6.02. The Labute approximate surface area is 362 Å². The predicted octanol–water partition coefficient (Wildman–Crippen LogP) is 10.2. The van der Waals surface area contributed by atoms with Gasteiger partial charge < -0.3 is 24.3 Å². The second-order valence-electron chi connectivity index (χ2n) is 22.3. The molecule has 0 radical (unpaired) electrons. The predicted molar refractivity (Wildman–Crippen MR) is 231 cm³/mol. The summed E-state index contributed by atoms with van der Waals surface area (Å²) in [6, 6.07) is 17.2. The van der Waals surface area contributed by atoms with E-state index in [1.807, 2.05) is 68.4 Å². The fourth-order valence-corrected chi connectivity index (χ4v) is 16.5. The standard InChI is InChI=1S/C52H65NO8.H2/c1-30(2)41-37(54)25-50(53-45(57)60-28-32-14-16-33(58-8)17-15-32)22-23-52-34(42(41)50)18-19-38-47(5)21-20-40(48(6)29-51(47,48)26-39(52)49(38,52)7)61-44(56)36-24-35(46(36,3)4)43(55)59-27-31-12-10-9-11-13-31;/h9-17,30,34-36,38-40H,18-29H2,1-8H3,(H,53,57);1H/t34-,35+,36-,38-,39?,40+,47-,48-,49+,50-,51+,52-;/m1./s1. The van der Waals surface area contributed by atoms with Gasteiger partial charge in [-0.2, -0.15) is 0 Å². The highest BCUT2D eigenvalue weighted by Gasteiger charge is 2.92. The number of methoxy groups -OCH3 is 1. The number of hydrogen-bond donors (Lipinski definition) is 1. The van der Waals surface area contributed by atoms with Gasteiger partial charge in [0.15, 0.2) is 5.78 Å². The van der Waals surface area contributed by atoms with Crippen LogP contribution in [0.2, 0.25) is 0 Å². The summed E-state index contributed by atoms with van der Waals surface area (Å²) in [6.45, 7) is 16.3. The van der Waals surface area contributed by atoms with Gasteiger partial charge in [-0.15, -0.1) is 0 Å².